The lowest BCUT2D eigenvalue weighted by atomic mass is 10.3. The maximum atomic E-state index is 4.87. The Morgan fingerprint density at radius 2 is 2.18 bits per heavy atom. The van der Waals surface area contributed by atoms with E-state index in [1.807, 2.05) is 6.07 Å². The fourth-order valence-corrected chi connectivity index (χ4v) is 2.38. The summed E-state index contributed by atoms with van der Waals surface area (Å²) >= 11 is 3.35. The predicted molar refractivity (Wildman–Crippen MR) is 103 cm³/mol. The monoisotopic (exact) mass is 483 g/mol. The van der Waals surface area contributed by atoms with Crippen molar-refractivity contribution < 1.29 is 4.52 Å². The molecule has 0 atom stereocenters. The van der Waals surface area contributed by atoms with Gasteiger partial charge >= 0.3 is 0 Å². The van der Waals surface area contributed by atoms with Crippen LogP contribution in [0.4, 0.5) is 0 Å². The minimum Gasteiger partial charge on any atom is -0.364 e. The van der Waals surface area contributed by atoms with Crippen LogP contribution in [0.25, 0.3) is 0 Å². The van der Waals surface area contributed by atoms with E-state index in [0.717, 1.165) is 55.4 Å². The second-order valence-electron chi connectivity index (χ2n) is 4.94. The van der Waals surface area contributed by atoms with E-state index in [2.05, 4.69) is 54.7 Å². The highest BCUT2D eigenvalue weighted by atomic mass is 127. The number of hydrogen-bond acceptors (Lipinski definition) is 4. The average Bonchev–Trinajstić information content (AvgIpc) is 2.97. The molecule has 0 aromatic carbocycles. The number of guanidine groups is 1. The molecule has 8 heteroatoms. The van der Waals surface area contributed by atoms with Crippen LogP contribution in [0.3, 0.4) is 0 Å². The van der Waals surface area contributed by atoms with Gasteiger partial charge in [0.25, 0.3) is 0 Å². The van der Waals surface area contributed by atoms with E-state index in [4.69, 9.17) is 4.52 Å². The summed E-state index contributed by atoms with van der Waals surface area (Å²) in [6.45, 7) is 12.1. The maximum Gasteiger partial charge on any atom is 0.194 e. The first-order valence-corrected chi connectivity index (χ1v) is 7.96. The highest BCUT2D eigenvalue weighted by molar-refractivity contribution is 14.0. The third-order valence-electron chi connectivity index (χ3n) is 3.28. The molecule has 1 aliphatic heterocycles. The number of halogens is 2. The fourth-order valence-electron chi connectivity index (χ4n) is 2.25. The Hall–Kier alpha value is -0.610. The molecule has 6 nitrogen and oxygen atoms in total. The summed E-state index contributed by atoms with van der Waals surface area (Å²) in [5.41, 5.74) is 0.986. The average molecular weight is 484 g/mol. The highest BCUT2D eigenvalue weighted by Gasteiger charge is 2.20. The zero-order valence-electron chi connectivity index (χ0n) is 12.8. The second kappa shape index (κ2) is 10.2. The van der Waals surface area contributed by atoms with Crippen LogP contribution in [0.15, 0.2) is 32.9 Å². The highest BCUT2D eigenvalue weighted by Crippen LogP contribution is 2.08. The van der Waals surface area contributed by atoms with Crippen molar-refractivity contribution in [2.45, 2.75) is 13.5 Å². The van der Waals surface area contributed by atoms with E-state index in [0.29, 0.717) is 6.54 Å². The molecule has 0 aliphatic carbocycles. The van der Waals surface area contributed by atoms with Crippen molar-refractivity contribution in [3.63, 3.8) is 0 Å². The smallest absolute Gasteiger partial charge is 0.194 e. The van der Waals surface area contributed by atoms with Gasteiger partial charge in [0.2, 0.25) is 0 Å². The summed E-state index contributed by atoms with van der Waals surface area (Å²) in [5, 5.41) is 7.30. The largest absolute Gasteiger partial charge is 0.364 e. The number of hydrogen-bond donors (Lipinski definition) is 1. The molecule has 0 spiro atoms. The Morgan fingerprint density at radius 1 is 1.45 bits per heavy atom. The van der Waals surface area contributed by atoms with Crippen molar-refractivity contribution in [2.24, 2.45) is 4.99 Å². The summed E-state index contributed by atoms with van der Waals surface area (Å²) in [4.78, 5) is 9.24. The fraction of sp³-hybridized carbons (Fsp3) is 0.571. The Labute approximate surface area is 157 Å². The van der Waals surface area contributed by atoms with Crippen LogP contribution in [0.1, 0.15) is 12.6 Å². The maximum absolute atomic E-state index is 4.87. The lowest BCUT2D eigenvalue weighted by Crippen LogP contribution is -2.52. The molecule has 0 saturated carbocycles. The molecular weight excluding hydrogens is 461 g/mol. The summed E-state index contributed by atoms with van der Waals surface area (Å²) in [7, 11) is 0. The van der Waals surface area contributed by atoms with E-state index < -0.39 is 0 Å². The lowest BCUT2D eigenvalue weighted by Gasteiger charge is -2.36. The molecule has 0 amide bonds. The van der Waals surface area contributed by atoms with Crippen LogP contribution in [-0.2, 0) is 6.54 Å². The van der Waals surface area contributed by atoms with Crippen LogP contribution < -0.4 is 5.32 Å². The SMILES string of the molecule is C=C(Br)CN=C(NCC)N1CCN(Cc2ccon2)CC1.I. The molecule has 2 rings (SSSR count). The minimum atomic E-state index is 0. The zero-order chi connectivity index (χ0) is 15.1. The molecule has 0 bridgehead atoms. The topological polar surface area (TPSA) is 56.9 Å². The van der Waals surface area contributed by atoms with Crippen molar-refractivity contribution >= 4 is 45.9 Å². The van der Waals surface area contributed by atoms with Crippen LogP contribution in [0.5, 0.6) is 0 Å². The molecule has 1 aliphatic rings. The first kappa shape index (κ1) is 19.4. The predicted octanol–water partition coefficient (Wildman–Crippen LogP) is 2.28. The van der Waals surface area contributed by atoms with Crippen LogP contribution in [-0.4, -0.2) is 60.2 Å². The Bertz CT molecular complexity index is 472. The Balaban J connectivity index is 0.00000242. The third kappa shape index (κ3) is 6.25. The van der Waals surface area contributed by atoms with E-state index >= 15 is 0 Å². The van der Waals surface area contributed by atoms with Crippen molar-refractivity contribution in [1.82, 2.24) is 20.3 Å². The lowest BCUT2D eigenvalue weighted by molar-refractivity contribution is 0.169. The van der Waals surface area contributed by atoms with E-state index in [-0.39, 0.29) is 24.0 Å². The van der Waals surface area contributed by atoms with Gasteiger partial charge in [-0.25, -0.2) is 4.99 Å². The number of rotatable bonds is 5. The zero-order valence-corrected chi connectivity index (χ0v) is 16.7. The van der Waals surface area contributed by atoms with Gasteiger partial charge < -0.3 is 14.7 Å². The molecule has 0 unspecified atom stereocenters. The normalized spacial score (nSPS) is 16.3. The molecule has 22 heavy (non-hydrogen) atoms. The number of nitrogens with zero attached hydrogens (tertiary/aromatic N) is 4. The minimum absolute atomic E-state index is 0. The Morgan fingerprint density at radius 3 is 2.73 bits per heavy atom. The van der Waals surface area contributed by atoms with Gasteiger partial charge in [0.05, 0.1) is 12.2 Å². The molecule has 124 valence electrons. The van der Waals surface area contributed by atoms with Gasteiger partial charge in [-0.15, -0.1) is 24.0 Å². The van der Waals surface area contributed by atoms with Crippen molar-refractivity contribution in [2.75, 3.05) is 39.3 Å². The number of piperazine rings is 1. The molecule has 1 aromatic rings. The van der Waals surface area contributed by atoms with Crippen molar-refractivity contribution in [3.8, 4) is 0 Å². The van der Waals surface area contributed by atoms with Crippen LogP contribution in [0.2, 0.25) is 0 Å². The first-order valence-electron chi connectivity index (χ1n) is 7.17. The molecule has 1 fully saturated rings. The van der Waals surface area contributed by atoms with E-state index in [1.54, 1.807) is 6.26 Å². The van der Waals surface area contributed by atoms with Gasteiger partial charge in [0, 0.05) is 49.8 Å². The molecule has 0 radical (unpaired) electrons. The van der Waals surface area contributed by atoms with Crippen molar-refractivity contribution in [3.05, 3.63) is 29.1 Å². The van der Waals surface area contributed by atoms with Gasteiger partial charge in [-0.3, -0.25) is 4.90 Å². The molecule has 1 N–H and O–H groups in total. The summed E-state index contributed by atoms with van der Waals surface area (Å²) in [6.07, 6.45) is 1.62. The van der Waals surface area contributed by atoms with Gasteiger partial charge in [0.15, 0.2) is 5.96 Å². The summed E-state index contributed by atoms with van der Waals surface area (Å²) < 4.78 is 5.76. The number of aromatic nitrogens is 1. The molecule has 2 heterocycles. The number of nitrogens with one attached hydrogen (secondary N) is 1. The number of aliphatic imine (C=N–C) groups is 1. The standard InChI is InChI=1S/C14H22BrN5O.HI/c1-3-16-14(17-10-12(2)15)20-7-5-19(6-8-20)11-13-4-9-21-18-13;/h4,9H,2-3,5-8,10-11H2,1H3,(H,16,17);1H. The van der Waals surface area contributed by atoms with Gasteiger partial charge in [0.1, 0.15) is 6.26 Å². The molecule has 1 saturated heterocycles. The van der Waals surface area contributed by atoms with Gasteiger partial charge in [-0.2, -0.15) is 0 Å². The van der Waals surface area contributed by atoms with Gasteiger partial charge in [-0.05, 0) is 6.92 Å². The Kier molecular flexibility index (Phi) is 9.03. The third-order valence-corrected chi connectivity index (χ3v) is 3.53. The van der Waals surface area contributed by atoms with E-state index in [9.17, 15) is 0 Å². The molecule has 1 aromatic heterocycles. The first-order chi connectivity index (χ1) is 10.2. The quantitative estimate of drug-likeness (QED) is 0.395. The van der Waals surface area contributed by atoms with Crippen molar-refractivity contribution in [1.29, 1.82) is 0 Å². The van der Waals surface area contributed by atoms with E-state index in [1.165, 1.54) is 0 Å². The second-order valence-corrected chi connectivity index (χ2v) is 6.06. The van der Waals surface area contributed by atoms with Crippen LogP contribution >= 0.6 is 39.9 Å². The van der Waals surface area contributed by atoms with Crippen LogP contribution in [0, 0.1) is 0 Å². The summed E-state index contributed by atoms with van der Waals surface area (Å²) in [6, 6.07) is 1.92. The summed E-state index contributed by atoms with van der Waals surface area (Å²) in [5.74, 6) is 0.958. The van der Waals surface area contributed by atoms with Gasteiger partial charge in [-0.1, -0.05) is 27.7 Å². The molecular formula is C14H23BrIN5O.